The second-order valence-electron chi connectivity index (χ2n) is 4.89. The molecular weight excluding hydrogens is 176 g/mol. The molecule has 0 aromatic heterocycles. The van der Waals surface area contributed by atoms with Crippen LogP contribution in [0.15, 0.2) is 0 Å². The van der Waals surface area contributed by atoms with E-state index in [0.717, 1.165) is 32.8 Å². The van der Waals surface area contributed by atoms with E-state index in [1.54, 1.807) is 0 Å². The molecule has 0 saturated carbocycles. The highest BCUT2D eigenvalue weighted by atomic mass is 16.5. The third-order valence-corrected chi connectivity index (χ3v) is 3.34. The Labute approximate surface area is 87.8 Å². The fourth-order valence-corrected chi connectivity index (χ4v) is 1.86. The van der Waals surface area contributed by atoms with Crippen LogP contribution in [0.2, 0.25) is 0 Å². The van der Waals surface area contributed by atoms with Gasteiger partial charge in [0, 0.05) is 25.7 Å². The van der Waals surface area contributed by atoms with Crippen LogP contribution in [0.4, 0.5) is 0 Å². The molecule has 1 N–H and O–H groups in total. The summed E-state index contributed by atoms with van der Waals surface area (Å²) in [4.78, 5) is 2.50. The van der Waals surface area contributed by atoms with E-state index in [9.17, 15) is 0 Å². The van der Waals surface area contributed by atoms with E-state index in [1.165, 1.54) is 0 Å². The van der Waals surface area contributed by atoms with Crippen molar-refractivity contribution in [3.05, 3.63) is 0 Å². The van der Waals surface area contributed by atoms with Gasteiger partial charge in [-0.1, -0.05) is 13.8 Å². The zero-order valence-corrected chi connectivity index (χ0v) is 9.97. The Morgan fingerprint density at radius 2 is 1.93 bits per heavy atom. The Morgan fingerprint density at radius 1 is 1.36 bits per heavy atom. The summed E-state index contributed by atoms with van der Waals surface area (Å²) in [5, 5.41) is 3.34. The van der Waals surface area contributed by atoms with E-state index < -0.39 is 0 Å². The number of hydrogen-bond donors (Lipinski definition) is 1. The molecule has 84 valence electrons. The lowest BCUT2D eigenvalue weighted by Crippen LogP contribution is -2.48. The molecule has 3 nitrogen and oxygen atoms in total. The second-order valence-corrected chi connectivity index (χ2v) is 4.89. The van der Waals surface area contributed by atoms with Gasteiger partial charge in [0.05, 0.1) is 13.2 Å². The van der Waals surface area contributed by atoms with Crippen molar-refractivity contribution in [2.75, 3.05) is 39.9 Å². The van der Waals surface area contributed by atoms with Gasteiger partial charge in [0.2, 0.25) is 0 Å². The third kappa shape index (κ3) is 3.23. The molecule has 0 spiro atoms. The molecule has 1 aliphatic heterocycles. The lowest BCUT2D eigenvalue weighted by molar-refractivity contribution is 0.0165. The molecule has 1 rings (SSSR count). The Morgan fingerprint density at radius 3 is 2.43 bits per heavy atom. The molecule has 0 bridgehead atoms. The van der Waals surface area contributed by atoms with Gasteiger partial charge in [0.1, 0.15) is 0 Å². The largest absolute Gasteiger partial charge is 0.379 e. The van der Waals surface area contributed by atoms with Crippen LogP contribution in [0.1, 0.15) is 20.8 Å². The molecule has 14 heavy (non-hydrogen) atoms. The molecule has 0 amide bonds. The van der Waals surface area contributed by atoms with Crippen LogP contribution in [0.5, 0.6) is 0 Å². The molecule has 1 saturated heterocycles. The number of morpholine rings is 1. The number of nitrogens with one attached hydrogen (secondary N) is 1. The molecule has 1 heterocycles. The average molecular weight is 200 g/mol. The highest BCUT2D eigenvalue weighted by Gasteiger charge is 2.27. The van der Waals surface area contributed by atoms with E-state index in [1.807, 2.05) is 7.05 Å². The molecule has 1 unspecified atom stereocenters. The summed E-state index contributed by atoms with van der Waals surface area (Å²) in [6, 6.07) is 0.547. The maximum absolute atomic E-state index is 5.34. The molecular formula is C11H24N2O. The van der Waals surface area contributed by atoms with E-state index in [4.69, 9.17) is 4.74 Å². The van der Waals surface area contributed by atoms with Gasteiger partial charge >= 0.3 is 0 Å². The minimum Gasteiger partial charge on any atom is -0.379 e. The molecule has 3 heteroatoms. The molecule has 0 aliphatic carbocycles. The van der Waals surface area contributed by atoms with Gasteiger partial charge in [-0.25, -0.2) is 0 Å². The van der Waals surface area contributed by atoms with Crippen LogP contribution in [-0.2, 0) is 4.74 Å². The summed E-state index contributed by atoms with van der Waals surface area (Å²) in [5.41, 5.74) is 0.325. The minimum atomic E-state index is 0.325. The first-order chi connectivity index (χ1) is 6.56. The predicted octanol–water partition coefficient (Wildman–Crippen LogP) is 0.953. The van der Waals surface area contributed by atoms with Crippen LogP contribution in [-0.4, -0.2) is 50.8 Å². The zero-order chi connectivity index (χ0) is 10.6. The highest BCUT2D eigenvalue weighted by molar-refractivity contribution is 4.83. The Bertz CT molecular complexity index is 165. The van der Waals surface area contributed by atoms with Crippen molar-refractivity contribution in [1.29, 1.82) is 0 Å². The van der Waals surface area contributed by atoms with Gasteiger partial charge in [-0.05, 0) is 19.4 Å². The van der Waals surface area contributed by atoms with E-state index >= 15 is 0 Å². The van der Waals surface area contributed by atoms with Crippen molar-refractivity contribution < 1.29 is 4.74 Å². The average Bonchev–Trinajstić information content (AvgIpc) is 2.17. The third-order valence-electron chi connectivity index (χ3n) is 3.34. The van der Waals surface area contributed by atoms with Gasteiger partial charge in [0.15, 0.2) is 0 Å². The molecule has 1 atom stereocenters. The first-order valence-electron chi connectivity index (χ1n) is 5.53. The van der Waals surface area contributed by atoms with Crippen LogP contribution in [0, 0.1) is 5.41 Å². The fraction of sp³-hybridized carbons (Fsp3) is 1.00. The van der Waals surface area contributed by atoms with Gasteiger partial charge in [-0.15, -0.1) is 0 Å². The van der Waals surface area contributed by atoms with E-state index in [0.29, 0.717) is 11.5 Å². The van der Waals surface area contributed by atoms with Crippen LogP contribution in [0.3, 0.4) is 0 Å². The van der Waals surface area contributed by atoms with Gasteiger partial charge in [0.25, 0.3) is 0 Å². The zero-order valence-electron chi connectivity index (χ0n) is 9.97. The van der Waals surface area contributed by atoms with Crippen LogP contribution >= 0.6 is 0 Å². The summed E-state index contributed by atoms with van der Waals surface area (Å²) in [6.45, 7) is 12.0. The topological polar surface area (TPSA) is 24.5 Å². The first kappa shape index (κ1) is 12.0. The summed E-state index contributed by atoms with van der Waals surface area (Å²) in [7, 11) is 2.03. The molecule has 1 aliphatic rings. The minimum absolute atomic E-state index is 0.325. The van der Waals surface area contributed by atoms with Crippen molar-refractivity contribution in [3.8, 4) is 0 Å². The molecule has 0 aromatic rings. The number of nitrogens with zero attached hydrogens (tertiary/aromatic N) is 1. The smallest absolute Gasteiger partial charge is 0.0594 e. The molecule has 0 radical (unpaired) electrons. The second kappa shape index (κ2) is 5.10. The molecule has 0 aromatic carbocycles. The van der Waals surface area contributed by atoms with Crippen molar-refractivity contribution >= 4 is 0 Å². The Hall–Kier alpha value is -0.120. The lowest BCUT2D eigenvalue weighted by Gasteiger charge is -2.38. The van der Waals surface area contributed by atoms with Gasteiger partial charge in [-0.2, -0.15) is 0 Å². The molecule has 1 fully saturated rings. The van der Waals surface area contributed by atoms with E-state index in [2.05, 4.69) is 31.0 Å². The number of rotatable bonds is 4. The first-order valence-corrected chi connectivity index (χ1v) is 5.53. The van der Waals surface area contributed by atoms with Crippen LogP contribution in [0.25, 0.3) is 0 Å². The SMILES string of the molecule is CNC(C)C(C)(C)CN1CCOCC1. The van der Waals surface area contributed by atoms with Gasteiger partial charge in [-0.3, -0.25) is 4.90 Å². The fourth-order valence-electron chi connectivity index (χ4n) is 1.86. The van der Waals surface area contributed by atoms with Crippen molar-refractivity contribution in [2.45, 2.75) is 26.8 Å². The lowest BCUT2D eigenvalue weighted by atomic mass is 9.85. The summed E-state index contributed by atoms with van der Waals surface area (Å²) >= 11 is 0. The maximum atomic E-state index is 5.34. The van der Waals surface area contributed by atoms with Crippen molar-refractivity contribution in [1.82, 2.24) is 10.2 Å². The monoisotopic (exact) mass is 200 g/mol. The quantitative estimate of drug-likeness (QED) is 0.731. The Kier molecular flexibility index (Phi) is 4.35. The predicted molar refractivity (Wildman–Crippen MR) is 59.6 cm³/mol. The normalized spacial score (nSPS) is 22.3. The summed E-state index contributed by atoms with van der Waals surface area (Å²) in [5.74, 6) is 0. The standard InChI is InChI=1S/C11H24N2O/c1-10(12-4)11(2,3)9-13-5-7-14-8-6-13/h10,12H,5-9H2,1-4H3. The Balaban J connectivity index is 2.40. The van der Waals surface area contributed by atoms with E-state index in [-0.39, 0.29) is 0 Å². The van der Waals surface area contributed by atoms with Crippen molar-refractivity contribution in [3.63, 3.8) is 0 Å². The highest BCUT2D eigenvalue weighted by Crippen LogP contribution is 2.22. The van der Waals surface area contributed by atoms with Crippen LogP contribution < -0.4 is 5.32 Å². The summed E-state index contributed by atoms with van der Waals surface area (Å²) < 4.78 is 5.34. The number of hydrogen-bond acceptors (Lipinski definition) is 3. The maximum Gasteiger partial charge on any atom is 0.0594 e. The number of ether oxygens (including phenoxy) is 1. The van der Waals surface area contributed by atoms with Gasteiger partial charge < -0.3 is 10.1 Å². The van der Waals surface area contributed by atoms with Crippen molar-refractivity contribution in [2.24, 2.45) is 5.41 Å². The summed E-state index contributed by atoms with van der Waals surface area (Å²) in [6.07, 6.45) is 0.